The van der Waals surface area contributed by atoms with Crippen LogP contribution in [-0.4, -0.2) is 87.4 Å². The van der Waals surface area contributed by atoms with Gasteiger partial charge in [0, 0.05) is 12.8 Å². The fourth-order valence-electron chi connectivity index (χ4n) is 9.14. The molecule has 2 atom stereocenters. The first kappa shape index (κ1) is 72.2. The van der Waals surface area contributed by atoms with Crippen molar-refractivity contribution in [2.24, 2.45) is 0 Å². The van der Waals surface area contributed by atoms with Gasteiger partial charge in [0.25, 0.3) is 6.29 Å². The number of likely N-dealkylation sites (N-methyl/N-ethyl adjacent to an activating group) is 1. The summed E-state index contributed by atoms with van der Waals surface area (Å²) in [6.45, 7) is 4.87. The first-order valence-corrected chi connectivity index (χ1v) is 31.8. The zero-order valence-corrected chi connectivity index (χ0v) is 50.0. The van der Waals surface area contributed by atoms with Crippen molar-refractivity contribution in [2.45, 2.75) is 309 Å². The number of rotatable bonds is 59. The van der Waals surface area contributed by atoms with Gasteiger partial charge in [-0.25, -0.2) is 4.79 Å². The van der Waals surface area contributed by atoms with Crippen LogP contribution < -0.4 is 0 Å². The molecule has 0 radical (unpaired) electrons. The highest BCUT2D eigenvalue weighted by Gasteiger charge is 2.25. The largest absolute Gasteiger partial charge is 0.477 e. The lowest BCUT2D eigenvalue weighted by Crippen LogP contribution is -2.40. The standard InChI is InChI=1S/C66H121NO8/c1-6-8-10-12-14-16-18-20-21-22-23-24-25-26-27-28-29-30-31-32-33-34-35-36-37-38-39-40-41-42-43-45-47-49-51-53-55-57-64(69)75-62(61-74-66(65(70)71)72-59-58-67(3,4)5)60-73-63(68)56-54-52-50-48-46-44-19-17-15-13-11-9-7-2/h17-20,22-23,25-26,62,66H,6-16,21,24,27-61H2,1-5H3/p+1/b19-17-,20-18-,23-22-,26-25-. The smallest absolute Gasteiger partial charge is 0.361 e. The quantitative estimate of drug-likeness (QED) is 0.0211. The number of carboxylic acid groups (broad SMARTS) is 1. The van der Waals surface area contributed by atoms with E-state index in [0.717, 1.165) is 70.6 Å². The number of carboxylic acids is 1. The second-order valence-electron chi connectivity index (χ2n) is 22.7. The Hall–Kier alpha value is -2.75. The average molecular weight is 1060 g/mol. The van der Waals surface area contributed by atoms with E-state index in [4.69, 9.17) is 18.9 Å². The van der Waals surface area contributed by atoms with Crippen molar-refractivity contribution < 1.29 is 42.9 Å². The Bertz CT molecular complexity index is 1370. The minimum atomic E-state index is -1.51. The summed E-state index contributed by atoms with van der Waals surface area (Å²) in [6, 6.07) is 0. The van der Waals surface area contributed by atoms with Gasteiger partial charge in [0.15, 0.2) is 6.10 Å². The molecule has 0 aromatic heterocycles. The van der Waals surface area contributed by atoms with Crippen molar-refractivity contribution in [3.05, 3.63) is 48.6 Å². The molecule has 9 nitrogen and oxygen atoms in total. The molecule has 0 amide bonds. The van der Waals surface area contributed by atoms with E-state index in [1.54, 1.807) is 0 Å². The van der Waals surface area contributed by atoms with Crippen molar-refractivity contribution >= 4 is 17.9 Å². The Balaban J connectivity index is 3.98. The number of unbranched alkanes of at least 4 members (excludes halogenated alkanes) is 36. The maximum atomic E-state index is 12.9. The normalized spacial score (nSPS) is 13.0. The lowest BCUT2D eigenvalue weighted by atomic mass is 10.0. The molecular weight excluding hydrogens is 935 g/mol. The molecule has 0 aromatic rings. The lowest BCUT2D eigenvalue weighted by molar-refractivity contribution is -0.870. The van der Waals surface area contributed by atoms with E-state index in [-0.39, 0.29) is 32.2 Å². The number of aliphatic carboxylic acids is 1. The zero-order valence-electron chi connectivity index (χ0n) is 50.0. The van der Waals surface area contributed by atoms with Crippen LogP contribution in [-0.2, 0) is 33.3 Å². The van der Waals surface area contributed by atoms with Gasteiger partial charge in [-0.3, -0.25) is 9.59 Å². The van der Waals surface area contributed by atoms with Crippen LogP contribution in [0.15, 0.2) is 48.6 Å². The Kier molecular flexibility index (Phi) is 55.3. The second-order valence-corrected chi connectivity index (χ2v) is 22.7. The Morgan fingerprint density at radius 3 is 1.09 bits per heavy atom. The first-order chi connectivity index (χ1) is 36.6. The molecule has 0 saturated carbocycles. The second kappa shape index (κ2) is 57.4. The zero-order chi connectivity index (χ0) is 54.8. The number of hydrogen-bond donors (Lipinski definition) is 1. The summed E-state index contributed by atoms with van der Waals surface area (Å²) in [5.41, 5.74) is 0. The summed E-state index contributed by atoms with van der Waals surface area (Å²) in [4.78, 5) is 37.4. The average Bonchev–Trinajstić information content (AvgIpc) is 3.38. The maximum absolute atomic E-state index is 12.9. The molecule has 0 fully saturated rings. The van der Waals surface area contributed by atoms with Crippen molar-refractivity contribution in [1.29, 1.82) is 0 Å². The predicted octanol–water partition coefficient (Wildman–Crippen LogP) is 19.0. The topological polar surface area (TPSA) is 108 Å². The van der Waals surface area contributed by atoms with Crippen LogP contribution in [0.5, 0.6) is 0 Å². The van der Waals surface area contributed by atoms with E-state index < -0.39 is 24.3 Å². The minimum absolute atomic E-state index is 0.183. The van der Waals surface area contributed by atoms with E-state index in [9.17, 15) is 19.5 Å². The Morgan fingerprint density at radius 1 is 0.400 bits per heavy atom. The summed E-state index contributed by atoms with van der Waals surface area (Å²) in [5, 5.41) is 9.70. The van der Waals surface area contributed by atoms with Crippen molar-refractivity contribution in [2.75, 3.05) is 47.5 Å². The van der Waals surface area contributed by atoms with Crippen LogP contribution in [0.2, 0.25) is 0 Å². The number of hydrogen-bond acceptors (Lipinski definition) is 7. The van der Waals surface area contributed by atoms with Crippen LogP contribution in [0.4, 0.5) is 0 Å². The van der Waals surface area contributed by atoms with Gasteiger partial charge < -0.3 is 28.5 Å². The van der Waals surface area contributed by atoms with E-state index in [1.807, 2.05) is 21.1 Å². The van der Waals surface area contributed by atoms with E-state index in [1.165, 1.54) is 199 Å². The molecule has 0 aliphatic carbocycles. The molecule has 75 heavy (non-hydrogen) atoms. The fourth-order valence-corrected chi connectivity index (χ4v) is 9.14. The predicted molar refractivity (Wildman–Crippen MR) is 318 cm³/mol. The Labute approximate surface area is 463 Å². The number of carbonyl (C=O) groups is 3. The summed E-state index contributed by atoms with van der Waals surface area (Å²) in [7, 11) is 5.97. The summed E-state index contributed by atoms with van der Waals surface area (Å²) in [6.07, 6.45) is 69.4. The molecule has 0 saturated heterocycles. The van der Waals surface area contributed by atoms with Crippen molar-refractivity contribution in [1.82, 2.24) is 0 Å². The highest BCUT2D eigenvalue weighted by Crippen LogP contribution is 2.17. The fraction of sp³-hybridized carbons (Fsp3) is 0.833. The number of nitrogens with zero attached hydrogens (tertiary/aromatic N) is 1. The molecule has 0 heterocycles. The van der Waals surface area contributed by atoms with E-state index in [0.29, 0.717) is 17.4 Å². The first-order valence-electron chi connectivity index (χ1n) is 31.8. The van der Waals surface area contributed by atoms with Gasteiger partial charge in [0.2, 0.25) is 0 Å². The third-order valence-electron chi connectivity index (χ3n) is 14.1. The van der Waals surface area contributed by atoms with Crippen LogP contribution in [0, 0.1) is 0 Å². The number of allylic oxidation sites excluding steroid dienone is 8. The van der Waals surface area contributed by atoms with Gasteiger partial charge >= 0.3 is 17.9 Å². The molecule has 0 aliphatic heterocycles. The highest BCUT2D eigenvalue weighted by molar-refractivity contribution is 5.71. The monoisotopic (exact) mass is 1060 g/mol. The van der Waals surface area contributed by atoms with Crippen LogP contribution in [0.25, 0.3) is 0 Å². The van der Waals surface area contributed by atoms with Crippen LogP contribution in [0.3, 0.4) is 0 Å². The molecule has 438 valence electrons. The Morgan fingerprint density at radius 2 is 0.720 bits per heavy atom. The van der Waals surface area contributed by atoms with Gasteiger partial charge in [-0.1, -0.05) is 255 Å². The summed E-state index contributed by atoms with van der Waals surface area (Å²) < 4.78 is 22.9. The summed E-state index contributed by atoms with van der Waals surface area (Å²) >= 11 is 0. The molecule has 0 aromatic carbocycles. The minimum Gasteiger partial charge on any atom is -0.477 e. The third-order valence-corrected chi connectivity index (χ3v) is 14.1. The summed E-state index contributed by atoms with van der Waals surface area (Å²) in [5.74, 6) is -2.00. The molecule has 9 heteroatoms. The van der Waals surface area contributed by atoms with Crippen molar-refractivity contribution in [3.8, 4) is 0 Å². The number of quaternary nitrogens is 1. The third kappa shape index (κ3) is 58.8. The molecule has 1 N–H and O–H groups in total. The van der Waals surface area contributed by atoms with Gasteiger partial charge in [-0.05, 0) is 77.0 Å². The molecule has 2 unspecified atom stereocenters. The number of ether oxygens (including phenoxy) is 4. The van der Waals surface area contributed by atoms with Crippen LogP contribution >= 0.6 is 0 Å². The van der Waals surface area contributed by atoms with Crippen LogP contribution in [0.1, 0.15) is 296 Å². The molecule has 0 bridgehead atoms. The van der Waals surface area contributed by atoms with Crippen molar-refractivity contribution in [3.63, 3.8) is 0 Å². The highest BCUT2D eigenvalue weighted by atomic mass is 16.7. The SMILES string of the molecule is CCCCCC/C=C\CCCCCCCC(=O)OCC(COC(OCC[N+](C)(C)C)C(=O)O)OC(=O)CCCCCCCCCCCCCCCCCCCCCCCC/C=C\C/C=C\C/C=C\CCCCCCC. The van der Waals surface area contributed by atoms with Gasteiger partial charge in [0.05, 0.1) is 34.4 Å². The molecule has 0 rings (SSSR count). The number of esters is 2. The number of carbonyl (C=O) groups excluding carboxylic acids is 2. The van der Waals surface area contributed by atoms with Gasteiger partial charge in [-0.2, -0.15) is 0 Å². The van der Waals surface area contributed by atoms with Gasteiger partial charge in [-0.15, -0.1) is 0 Å². The molecule has 0 aliphatic rings. The van der Waals surface area contributed by atoms with E-state index >= 15 is 0 Å². The van der Waals surface area contributed by atoms with E-state index in [2.05, 4.69) is 62.5 Å². The molecular formula is C66H122NO8+. The molecule has 0 spiro atoms. The lowest BCUT2D eigenvalue weighted by Gasteiger charge is -2.25. The van der Waals surface area contributed by atoms with Gasteiger partial charge in [0.1, 0.15) is 13.2 Å². The maximum Gasteiger partial charge on any atom is 0.361 e.